The van der Waals surface area contributed by atoms with Crippen molar-refractivity contribution in [3.8, 4) is 0 Å². The number of hydrazone groups is 1. The van der Waals surface area contributed by atoms with Crippen molar-refractivity contribution in [3.63, 3.8) is 0 Å². The summed E-state index contributed by atoms with van der Waals surface area (Å²) < 4.78 is 1.87. The van der Waals surface area contributed by atoms with Crippen molar-refractivity contribution in [1.82, 2.24) is 8.93 Å². The summed E-state index contributed by atoms with van der Waals surface area (Å²) in [7, 11) is 0. The molecule has 0 saturated heterocycles. The first-order chi connectivity index (χ1) is 6.25. The summed E-state index contributed by atoms with van der Waals surface area (Å²) in [6.07, 6.45) is 6.89. The fourth-order valence-electron chi connectivity index (χ4n) is 1.22. The molecule has 76 valence electrons. The van der Waals surface area contributed by atoms with Gasteiger partial charge in [-0.05, 0) is 22.4 Å². The van der Waals surface area contributed by atoms with Crippen LogP contribution in [-0.2, 0) is 0 Å². The van der Waals surface area contributed by atoms with Gasteiger partial charge in [0.2, 0.25) is 0 Å². The fraction of sp³-hybridized carbons (Fsp3) is 0.875. The maximum Gasteiger partial charge on any atom is 0.185 e. The SMILES string of the molecule is CCCCCCN1N=CN(Br)C1Br. The van der Waals surface area contributed by atoms with E-state index in [1.807, 2.05) is 8.93 Å². The van der Waals surface area contributed by atoms with Crippen LogP contribution in [0.25, 0.3) is 0 Å². The zero-order valence-corrected chi connectivity index (χ0v) is 11.0. The van der Waals surface area contributed by atoms with E-state index in [1.54, 1.807) is 6.34 Å². The molecule has 1 aliphatic heterocycles. The average Bonchev–Trinajstić information content (AvgIpc) is 2.43. The van der Waals surface area contributed by atoms with Crippen molar-refractivity contribution in [3.05, 3.63) is 0 Å². The van der Waals surface area contributed by atoms with Gasteiger partial charge in [0.15, 0.2) is 5.08 Å². The third-order valence-electron chi connectivity index (χ3n) is 2.00. The minimum atomic E-state index is 0.175. The molecule has 0 aromatic rings. The lowest BCUT2D eigenvalue weighted by Gasteiger charge is -2.21. The first-order valence-corrected chi connectivity index (χ1v) is 6.27. The molecule has 0 radical (unpaired) electrons. The molecule has 0 aliphatic carbocycles. The van der Waals surface area contributed by atoms with E-state index >= 15 is 0 Å². The molecule has 13 heavy (non-hydrogen) atoms. The summed E-state index contributed by atoms with van der Waals surface area (Å²) in [5.41, 5.74) is 0. The summed E-state index contributed by atoms with van der Waals surface area (Å²) >= 11 is 6.88. The zero-order valence-electron chi connectivity index (χ0n) is 7.79. The van der Waals surface area contributed by atoms with Crippen LogP contribution < -0.4 is 0 Å². The molecule has 0 amide bonds. The second-order valence-corrected chi connectivity index (χ2v) is 4.75. The van der Waals surface area contributed by atoms with Gasteiger partial charge >= 0.3 is 0 Å². The third kappa shape index (κ3) is 3.46. The number of alkyl halides is 1. The Hall–Kier alpha value is 0.230. The van der Waals surface area contributed by atoms with Crippen molar-refractivity contribution in [1.29, 1.82) is 0 Å². The molecule has 0 spiro atoms. The highest BCUT2D eigenvalue weighted by Crippen LogP contribution is 2.21. The van der Waals surface area contributed by atoms with Crippen molar-refractivity contribution in [2.24, 2.45) is 5.10 Å². The molecular formula is C8H15Br2N3. The minimum Gasteiger partial charge on any atom is -0.264 e. The minimum absolute atomic E-state index is 0.175. The largest absolute Gasteiger partial charge is 0.264 e. The van der Waals surface area contributed by atoms with E-state index in [9.17, 15) is 0 Å². The van der Waals surface area contributed by atoms with Gasteiger partial charge < -0.3 is 0 Å². The third-order valence-corrected chi connectivity index (χ3v) is 4.03. The molecule has 0 fully saturated rings. The Morgan fingerprint density at radius 3 is 2.69 bits per heavy atom. The number of nitrogens with zero attached hydrogens (tertiary/aromatic N) is 3. The van der Waals surface area contributed by atoms with Crippen molar-refractivity contribution in [2.45, 2.75) is 37.7 Å². The monoisotopic (exact) mass is 311 g/mol. The normalized spacial score (nSPS) is 21.6. The Balaban J connectivity index is 2.12. The second-order valence-electron chi connectivity index (χ2n) is 3.11. The van der Waals surface area contributed by atoms with Gasteiger partial charge in [-0.3, -0.25) is 8.93 Å². The Kier molecular flexibility index (Phi) is 5.09. The molecule has 1 atom stereocenters. The molecule has 5 heteroatoms. The highest BCUT2D eigenvalue weighted by atomic mass is 79.9. The lowest BCUT2D eigenvalue weighted by Crippen LogP contribution is -2.29. The van der Waals surface area contributed by atoms with E-state index in [1.165, 1.54) is 25.7 Å². The predicted octanol–water partition coefficient (Wildman–Crippen LogP) is 3.12. The van der Waals surface area contributed by atoms with Crippen LogP contribution in [0.1, 0.15) is 32.6 Å². The van der Waals surface area contributed by atoms with Crippen molar-refractivity contribution >= 4 is 38.4 Å². The van der Waals surface area contributed by atoms with Gasteiger partial charge in [-0.1, -0.05) is 26.2 Å². The van der Waals surface area contributed by atoms with E-state index in [-0.39, 0.29) is 5.08 Å². The number of unbranched alkanes of at least 4 members (excludes halogenated alkanes) is 3. The van der Waals surface area contributed by atoms with Crippen LogP contribution in [0.3, 0.4) is 0 Å². The Labute approximate surface area is 96.6 Å². The Morgan fingerprint density at radius 1 is 1.38 bits per heavy atom. The average molecular weight is 313 g/mol. The van der Waals surface area contributed by atoms with Crippen LogP contribution in [0.4, 0.5) is 0 Å². The summed E-state index contributed by atoms with van der Waals surface area (Å²) in [5.74, 6) is 0. The number of hydrogen-bond donors (Lipinski definition) is 0. The van der Waals surface area contributed by atoms with Crippen molar-refractivity contribution < 1.29 is 0 Å². The molecule has 0 aromatic heterocycles. The maximum atomic E-state index is 4.24. The molecule has 0 saturated carbocycles. The molecule has 0 N–H and O–H groups in total. The van der Waals surface area contributed by atoms with Gasteiger partial charge in [-0.25, -0.2) is 0 Å². The Bertz CT molecular complexity index is 175. The summed E-state index contributed by atoms with van der Waals surface area (Å²) in [5, 5.41) is 6.44. The molecule has 0 aromatic carbocycles. The zero-order chi connectivity index (χ0) is 9.68. The predicted molar refractivity (Wildman–Crippen MR) is 62.8 cm³/mol. The molecule has 1 aliphatic rings. The van der Waals surface area contributed by atoms with E-state index in [0.29, 0.717) is 0 Å². The molecule has 3 nitrogen and oxygen atoms in total. The van der Waals surface area contributed by atoms with Crippen molar-refractivity contribution in [2.75, 3.05) is 6.54 Å². The van der Waals surface area contributed by atoms with Gasteiger partial charge in [0.05, 0.1) is 16.1 Å². The lowest BCUT2D eigenvalue weighted by atomic mass is 10.2. The number of halogens is 2. The highest BCUT2D eigenvalue weighted by Gasteiger charge is 2.22. The van der Waals surface area contributed by atoms with Gasteiger partial charge in [-0.15, -0.1) is 0 Å². The van der Waals surface area contributed by atoms with Gasteiger partial charge in [0, 0.05) is 6.54 Å². The topological polar surface area (TPSA) is 18.8 Å². The van der Waals surface area contributed by atoms with Crippen LogP contribution in [-0.4, -0.2) is 26.9 Å². The molecule has 1 heterocycles. The van der Waals surface area contributed by atoms with E-state index in [0.717, 1.165) is 6.54 Å². The van der Waals surface area contributed by atoms with Gasteiger partial charge in [-0.2, -0.15) is 5.10 Å². The summed E-state index contributed by atoms with van der Waals surface area (Å²) in [6, 6.07) is 0. The van der Waals surface area contributed by atoms with Crippen LogP contribution in [0.15, 0.2) is 5.10 Å². The molecule has 1 rings (SSSR count). The first-order valence-electron chi connectivity index (χ1n) is 4.64. The Morgan fingerprint density at radius 2 is 2.15 bits per heavy atom. The standard InChI is InChI=1S/C8H15Br2N3/c1-2-3-4-5-6-13-8(9)12(10)7-11-13/h7-8H,2-6H2,1H3. The van der Waals surface area contributed by atoms with Crippen LogP contribution >= 0.6 is 32.1 Å². The lowest BCUT2D eigenvalue weighted by molar-refractivity contribution is 0.255. The summed E-state index contributed by atoms with van der Waals surface area (Å²) in [4.78, 5) is 0. The van der Waals surface area contributed by atoms with Gasteiger partial charge in [0.25, 0.3) is 0 Å². The van der Waals surface area contributed by atoms with E-state index in [2.05, 4.69) is 44.1 Å². The fourth-order valence-corrected chi connectivity index (χ4v) is 1.93. The number of hydrogen-bond acceptors (Lipinski definition) is 3. The maximum absolute atomic E-state index is 4.24. The smallest absolute Gasteiger partial charge is 0.185 e. The first kappa shape index (κ1) is 11.3. The highest BCUT2D eigenvalue weighted by molar-refractivity contribution is 9.11. The van der Waals surface area contributed by atoms with Crippen LogP contribution in [0, 0.1) is 0 Å². The molecule has 1 unspecified atom stereocenters. The second kappa shape index (κ2) is 5.86. The molecular weight excluding hydrogens is 298 g/mol. The van der Waals surface area contributed by atoms with Gasteiger partial charge in [0.1, 0.15) is 6.34 Å². The quantitative estimate of drug-likeness (QED) is 0.336. The van der Waals surface area contributed by atoms with Crippen LogP contribution in [0.5, 0.6) is 0 Å². The van der Waals surface area contributed by atoms with E-state index in [4.69, 9.17) is 0 Å². The summed E-state index contributed by atoms with van der Waals surface area (Å²) in [6.45, 7) is 3.25. The van der Waals surface area contributed by atoms with E-state index < -0.39 is 0 Å². The molecule has 0 bridgehead atoms. The number of rotatable bonds is 5. The van der Waals surface area contributed by atoms with Crippen LogP contribution in [0.2, 0.25) is 0 Å².